The van der Waals surface area contributed by atoms with Gasteiger partial charge in [0.1, 0.15) is 0 Å². The van der Waals surface area contributed by atoms with Gasteiger partial charge in [0.25, 0.3) is 0 Å². The van der Waals surface area contributed by atoms with Crippen molar-refractivity contribution in [2.24, 2.45) is 0 Å². The van der Waals surface area contributed by atoms with Crippen molar-refractivity contribution in [2.75, 3.05) is 18.8 Å². The van der Waals surface area contributed by atoms with Crippen LogP contribution in [-0.2, 0) is 6.54 Å². The average molecular weight is 196 g/mol. The lowest BCUT2D eigenvalue weighted by Gasteiger charge is -2.25. The highest BCUT2D eigenvalue weighted by Gasteiger charge is 2.10. The second-order valence-electron chi connectivity index (χ2n) is 3.68. The first-order chi connectivity index (χ1) is 6.34. The Labute approximate surface area is 83.4 Å². The predicted molar refractivity (Wildman–Crippen MR) is 57.9 cm³/mol. The number of hydrogen-bond acceptors (Lipinski definition) is 3. The molecule has 1 fully saturated rings. The molecular formula is C10H16N2S. The first kappa shape index (κ1) is 9.03. The number of anilines is 1. The van der Waals surface area contributed by atoms with Crippen molar-refractivity contribution in [3.63, 3.8) is 0 Å². The third-order valence-corrected chi connectivity index (χ3v) is 3.44. The molecule has 0 spiro atoms. The van der Waals surface area contributed by atoms with E-state index in [2.05, 4.69) is 11.0 Å². The molecular weight excluding hydrogens is 180 g/mol. The fourth-order valence-corrected chi connectivity index (χ4v) is 2.64. The summed E-state index contributed by atoms with van der Waals surface area (Å²) in [6.07, 6.45) is 4.13. The van der Waals surface area contributed by atoms with Crippen LogP contribution in [0.5, 0.6) is 0 Å². The smallest absolute Gasteiger partial charge is 0.0426 e. The Balaban J connectivity index is 1.89. The van der Waals surface area contributed by atoms with E-state index in [4.69, 9.17) is 5.73 Å². The number of nitrogen functional groups attached to an aromatic ring is 1. The monoisotopic (exact) mass is 196 g/mol. The number of nitrogens with two attached hydrogens (primary N) is 1. The standard InChI is InChI=1S/C10H16N2S/c11-9-6-10(13-8-9)7-12-4-2-1-3-5-12/h6,8H,1-5,7,11H2. The summed E-state index contributed by atoms with van der Waals surface area (Å²) < 4.78 is 0. The van der Waals surface area contributed by atoms with Crippen LogP contribution in [0.15, 0.2) is 11.4 Å². The molecule has 1 aliphatic heterocycles. The highest BCUT2D eigenvalue weighted by atomic mass is 32.1. The molecule has 0 saturated carbocycles. The Morgan fingerprint density at radius 2 is 2.08 bits per heavy atom. The Kier molecular flexibility index (Phi) is 2.86. The van der Waals surface area contributed by atoms with Crippen LogP contribution in [0.2, 0.25) is 0 Å². The van der Waals surface area contributed by atoms with E-state index in [9.17, 15) is 0 Å². The van der Waals surface area contributed by atoms with Crippen molar-refractivity contribution in [2.45, 2.75) is 25.8 Å². The predicted octanol–water partition coefficient (Wildman–Crippen LogP) is 2.32. The fraction of sp³-hybridized carbons (Fsp3) is 0.600. The highest BCUT2D eigenvalue weighted by molar-refractivity contribution is 7.10. The van der Waals surface area contributed by atoms with Crippen LogP contribution < -0.4 is 5.73 Å². The molecule has 0 atom stereocenters. The number of likely N-dealkylation sites (tertiary alicyclic amines) is 1. The van der Waals surface area contributed by atoms with Crippen LogP contribution in [0.3, 0.4) is 0 Å². The molecule has 2 heterocycles. The molecule has 13 heavy (non-hydrogen) atoms. The molecule has 0 aliphatic carbocycles. The minimum Gasteiger partial charge on any atom is -0.398 e. The van der Waals surface area contributed by atoms with Gasteiger partial charge in [-0.15, -0.1) is 11.3 Å². The summed E-state index contributed by atoms with van der Waals surface area (Å²) in [6, 6.07) is 2.10. The maximum absolute atomic E-state index is 5.68. The molecule has 1 saturated heterocycles. The van der Waals surface area contributed by atoms with Gasteiger partial charge in [-0.1, -0.05) is 6.42 Å². The van der Waals surface area contributed by atoms with Crippen LogP contribution in [0.25, 0.3) is 0 Å². The Bertz CT molecular complexity index is 264. The van der Waals surface area contributed by atoms with Crippen LogP contribution in [0.1, 0.15) is 24.1 Å². The van der Waals surface area contributed by atoms with Crippen molar-refractivity contribution in [3.05, 3.63) is 16.3 Å². The summed E-state index contributed by atoms with van der Waals surface area (Å²) in [5.41, 5.74) is 6.59. The van der Waals surface area contributed by atoms with Gasteiger partial charge in [-0.05, 0) is 32.0 Å². The van der Waals surface area contributed by atoms with Gasteiger partial charge in [0.2, 0.25) is 0 Å². The van der Waals surface area contributed by atoms with Crippen LogP contribution in [0.4, 0.5) is 5.69 Å². The maximum atomic E-state index is 5.68. The third-order valence-electron chi connectivity index (χ3n) is 2.50. The van der Waals surface area contributed by atoms with Crippen molar-refractivity contribution in [3.8, 4) is 0 Å². The number of piperidine rings is 1. The zero-order valence-electron chi connectivity index (χ0n) is 7.83. The SMILES string of the molecule is Nc1csc(CN2CCCCC2)c1. The first-order valence-corrected chi connectivity index (χ1v) is 5.78. The maximum Gasteiger partial charge on any atom is 0.0426 e. The van der Waals surface area contributed by atoms with E-state index in [1.165, 1.54) is 37.2 Å². The molecule has 0 aromatic carbocycles. The Morgan fingerprint density at radius 1 is 1.31 bits per heavy atom. The van der Waals surface area contributed by atoms with E-state index < -0.39 is 0 Å². The topological polar surface area (TPSA) is 29.3 Å². The van der Waals surface area contributed by atoms with E-state index in [1.54, 1.807) is 11.3 Å². The van der Waals surface area contributed by atoms with E-state index >= 15 is 0 Å². The van der Waals surface area contributed by atoms with E-state index in [0.717, 1.165) is 12.2 Å². The van der Waals surface area contributed by atoms with Crippen molar-refractivity contribution >= 4 is 17.0 Å². The second kappa shape index (κ2) is 4.11. The average Bonchev–Trinajstić information content (AvgIpc) is 2.53. The van der Waals surface area contributed by atoms with Gasteiger partial charge in [-0.3, -0.25) is 4.90 Å². The first-order valence-electron chi connectivity index (χ1n) is 4.90. The lowest BCUT2D eigenvalue weighted by Crippen LogP contribution is -2.28. The van der Waals surface area contributed by atoms with E-state index in [0.29, 0.717) is 0 Å². The second-order valence-corrected chi connectivity index (χ2v) is 4.68. The quantitative estimate of drug-likeness (QED) is 0.786. The van der Waals surface area contributed by atoms with Gasteiger partial charge in [-0.25, -0.2) is 0 Å². The van der Waals surface area contributed by atoms with Gasteiger partial charge < -0.3 is 5.73 Å². The zero-order valence-corrected chi connectivity index (χ0v) is 8.65. The number of thiophene rings is 1. The zero-order chi connectivity index (χ0) is 9.10. The molecule has 0 radical (unpaired) electrons. The van der Waals surface area contributed by atoms with E-state index in [-0.39, 0.29) is 0 Å². The Hall–Kier alpha value is -0.540. The molecule has 0 amide bonds. The molecule has 72 valence electrons. The minimum absolute atomic E-state index is 0.914. The van der Waals surface area contributed by atoms with Gasteiger partial charge in [0.15, 0.2) is 0 Å². The number of hydrogen-bond donors (Lipinski definition) is 1. The number of nitrogens with zero attached hydrogens (tertiary/aromatic N) is 1. The van der Waals surface area contributed by atoms with Gasteiger partial charge in [0.05, 0.1) is 0 Å². The van der Waals surface area contributed by atoms with E-state index in [1.807, 2.05) is 5.38 Å². The molecule has 3 heteroatoms. The van der Waals surface area contributed by atoms with Crippen molar-refractivity contribution in [1.29, 1.82) is 0 Å². The molecule has 1 aromatic rings. The van der Waals surface area contributed by atoms with Crippen LogP contribution in [0, 0.1) is 0 Å². The molecule has 2 rings (SSSR count). The van der Waals surface area contributed by atoms with Crippen molar-refractivity contribution in [1.82, 2.24) is 4.90 Å². The van der Waals surface area contributed by atoms with Crippen molar-refractivity contribution < 1.29 is 0 Å². The summed E-state index contributed by atoms with van der Waals surface area (Å²) in [5, 5.41) is 2.03. The third kappa shape index (κ3) is 2.45. The molecule has 0 bridgehead atoms. The minimum atomic E-state index is 0.914. The lowest BCUT2D eigenvalue weighted by atomic mass is 10.1. The van der Waals surface area contributed by atoms with Crippen LogP contribution >= 0.6 is 11.3 Å². The molecule has 0 unspecified atom stereocenters. The van der Waals surface area contributed by atoms with Gasteiger partial charge in [0, 0.05) is 22.5 Å². The largest absolute Gasteiger partial charge is 0.398 e. The summed E-state index contributed by atoms with van der Waals surface area (Å²) >= 11 is 1.78. The summed E-state index contributed by atoms with van der Waals surface area (Å²) in [6.45, 7) is 3.62. The summed E-state index contributed by atoms with van der Waals surface area (Å²) in [7, 11) is 0. The summed E-state index contributed by atoms with van der Waals surface area (Å²) in [4.78, 5) is 3.92. The summed E-state index contributed by atoms with van der Waals surface area (Å²) in [5.74, 6) is 0. The molecule has 1 aromatic heterocycles. The highest BCUT2D eigenvalue weighted by Crippen LogP contribution is 2.20. The normalized spacial score (nSPS) is 19.1. The molecule has 1 aliphatic rings. The van der Waals surface area contributed by atoms with Crippen LogP contribution in [-0.4, -0.2) is 18.0 Å². The lowest BCUT2D eigenvalue weighted by molar-refractivity contribution is 0.222. The molecule has 2 N–H and O–H groups in total. The van der Waals surface area contributed by atoms with Gasteiger partial charge >= 0.3 is 0 Å². The van der Waals surface area contributed by atoms with Gasteiger partial charge in [-0.2, -0.15) is 0 Å². The Morgan fingerprint density at radius 3 is 2.69 bits per heavy atom. The number of rotatable bonds is 2. The fourth-order valence-electron chi connectivity index (χ4n) is 1.82. The molecule has 2 nitrogen and oxygen atoms in total.